The summed E-state index contributed by atoms with van der Waals surface area (Å²) in [6, 6.07) is 10.6. The van der Waals surface area contributed by atoms with E-state index in [4.69, 9.17) is 0 Å². The molecule has 1 atom stereocenters. The maximum absolute atomic E-state index is 13.1. The lowest BCUT2D eigenvalue weighted by molar-refractivity contribution is -0.132. The van der Waals surface area contributed by atoms with Crippen LogP contribution in [0.1, 0.15) is 27.8 Å². The summed E-state index contributed by atoms with van der Waals surface area (Å²) in [4.78, 5) is 17.2. The summed E-state index contributed by atoms with van der Waals surface area (Å²) in [5, 5.41) is 4.02. The Balaban J connectivity index is 1.53. The Hall–Kier alpha value is -2.03. The summed E-state index contributed by atoms with van der Waals surface area (Å²) < 4.78 is 38.1. The van der Waals surface area contributed by atoms with Gasteiger partial charge in [0, 0.05) is 22.7 Å². The molecular formula is C20H18FNO3S3. The van der Waals surface area contributed by atoms with E-state index in [0.29, 0.717) is 6.54 Å². The number of halogens is 1. The van der Waals surface area contributed by atoms with Crippen LogP contribution in [0, 0.1) is 5.82 Å². The van der Waals surface area contributed by atoms with Crippen molar-refractivity contribution in [2.24, 2.45) is 0 Å². The molecule has 0 radical (unpaired) electrons. The Morgan fingerprint density at radius 2 is 1.89 bits per heavy atom. The van der Waals surface area contributed by atoms with Gasteiger partial charge in [0.15, 0.2) is 9.84 Å². The smallest absolute Gasteiger partial charge is 0.224 e. The fraction of sp³-hybridized carbons (Fsp3) is 0.250. The Bertz CT molecular complexity index is 1070. The van der Waals surface area contributed by atoms with E-state index in [1.165, 1.54) is 17.0 Å². The zero-order chi connectivity index (χ0) is 19.7. The average molecular weight is 436 g/mol. The molecule has 0 bridgehead atoms. The molecule has 2 aromatic heterocycles. The first kappa shape index (κ1) is 19.3. The van der Waals surface area contributed by atoms with Gasteiger partial charge >= 0.3 is 0 Å². The fourth-order valence-electron chi connectivity index (χ4n) is 3.46. The van der Waals surface area contributed by atoms with Crippen LogP contribution >= 0.6 is 22.7 Å². The van der Waals surface area contributed by atoms with E-state index < -0.39 is 15.7 Å². The van der Waals surface area contributed by atoms with E-state index in [1.807, 2.05) is 22.9 Å². The maximum Gasteiger partial charge on any atom is 0.224 e. The summed E-state index contributed by atoms with van der Waals surface area (Å²) in [6.07, 6.45) is 0.687. The predicted molar refractivity (Wildman–Crippen MR) is 109 cm³/mol. The average Bonchev–Trinajstić information content (AvgIpc) is 3.37. The molecule has 0 unspecified atom stereocenters. The number of amides is 1. The fourth-order valence-corrected chi connectivity index (χ4v) is 6.45. The van der Waals surface area contributed by atoms with Gasteiger partial charge in [-0.25, -0.2) is 12.8 Å². The number of rotatable bonds is 5. The highest BCUT2D eigenvalue weighted by Crippen LogP contribution is 2.39. The van der Waals surface area contributed by atoms with Crippen LogP contribution in [-0.4, -0.2) is 31.5 Å². The first-order valence-electron chi connectivity index (χ1n) is 8.83. The molecule has 0 spiro atoms. The molecule has 4 nitrogen and oxygen atoms in total. The lowest BCUT2D eigenvalue weighted by Gasteiger charge is -2.35. The van der Waals surface area contributed by atoms with Crippen molar-refractivity contribution in [2.45, 2.75) is 23.8 Å². The van der Waals surface area contributed by atoms with E-state index >= 15 is 0 Å². The standard InChI is InChI=1S/C20H18FNO3S3/c21-14-3-5-15(6-4-14)28(24,25)13-9-19(23)22-10-7-17-16(8-12-27-17)20(22)18-2-1-11-26-18/h1-6,8,11-12,20H,7,9-10,13H2/t20-/m1/s1. The Morgan fingerprint density at radius 1 is 1.11 bits per heavy atom. The van der Waals surface area contributed by atoms with Gasteiger partial charge in [-0.15, -0.1) is 22.7 Å². The SMILES string of the molecule is O=C(CCS(=O)(=O)c1ccc(F)cc1)N1CCc2sccc2[C@@H]1c1cccs1. The second-order valence-electron chi connectivity index (χ2n) is 6.58. The van der Waals surface area contributed by atoms with Crippen LogP contribution in [-0.2, 0) is 21.1 Å². The van der Waals surface area contributed by atoms with E-state index in [2.05, 4.69) is 6.07 Å². The van der Waals surface area contributed by atoms with E-state index in [1.54, 1.807) is 27.6 Å². The van der Waals surface area contributed by atoms with Crippen molar-refractivity contribution < 1.29 is 17.6 Å². The van der Waals surface area contributed by atoms with E-state index in [0.717, 1.165) is 29.0 Å². The number of thiophene rings is 2. The Kier molecular flexibility index (Phi) is 5.35. The Labute approximate surface area is 171 Å². The molecule has 1 amide bonds. The lowest BCUT2D eigenvalue weighted by atomic mass is 9.98. The summed E-state index contributed by atoms with van der Waals surface area (Å²) in [5.74, 6) is -0.962. The minimum absolute atomic E-state index is 0.0373. The molecule has 0 fully saturated rings. The van der Waals surface area contributed by atoms with Crippen molar-refractivity contribution in [3.8, 4) is 0 Å². The number of carbonyl (C=O) groups is 1. The second-order valence-corrected chi connectivity index (χ2v) is 10.7. The molecule has 1 aliphatic heterocycles. The van der Waals surface area contributed by atoms with Gasteiger partial charge in [0.05, 0.1) is 16.7 Å². The topological polar surface area (TPSA) is 54.5 Å². The van der Waals surface area contributed by atoms with Crippen molar-refractivity contribution in [3.05, 3.63) is 74.4 Å². The highest BCUT2D eigenvalue weighted by molar-refractivity contribution is 7.91. The molecule has 0 saturated carbocycles. The first-order chi connectivity index (χ1) is 13.5. The lowest BCUT2D eigenvalue weighted by Crippen LogP contribution is -2.40. The molecule has 1 aliphatic rings. The van der Waals surface area contributed by atoms with Gasteiger partial charge in [0.2, 0.25) is 5.91 Å². The van der Waals surface area contributed by atoms with Gasteiger partial charge in [-0.1, -0.05) is 6.07 Å². The summed E-state index contributed by atoms with van der Waals surface area (Å²) in [7, 11) is -3.64. The predicted octanol–water partition coefficient (Wildman–Crippen LogP) is 4.29. The monoisotopic (exact) mass is 435 g/mol. The summed E-state index contributed by atoms with van der Waals surface area (Å²) in [5.41, 5.74) is 1.13. The molecule has 28 heavy (non-hydrogen) atoms. The maximum atomic E-state index is 13.1. The first-order valence-corrected chi connectivity index (χ1v) is 12.2. The van der Waals surface area contributed by atoms with Crippen molar-refractivity contribution >= 4 is 38.4 Å². The molecule has 0 N–H and O–H groups in total. The quantitative estimate of drug-likeness (QED) is 0.562. The molecule has 146 valence electrons. The molecular weight excluding hydrogens is 417 g/mol. The number of fused-ring (bicyclic) bond motifs is 1. The van der Waals surface area contributed by atoms with Crippen LogP contribution in [0.15, 0.2) is 58.1 Å². The van der Waals surface area contributed by atoms with Gasteiger partial charge in [-0.05, 0) is 59.1 Å². The summed E-state index contributed by atoms with van der Waals surface area (Å²) in [6.45, 7) is 0.575. The van der Waals surface area contributed by atoms with Crippen molar-refractivity contribution in [1.82, 2.24) is 4.90 Å². The number of carbonyl (C=O) groups excluding carboxylic acids is 1. The third-order valence-corrected chi connectivity index (χ3v) is 8.51. The third-order valence-electron chi connectivity index (χ3n) is 4.86. The number of nitrogens with zero attached hydrogens (tertiary/aromatic N) is 1. The number of hydrogen-bond donors (Lipinski definition) is 0. The van der Waals surface area contributed by atoms with Crippen LogP contribution in [0.25, 0.3) is 0 Å². The highest BCUT2D eigenvalue weighted by atomic mass is 32.2. The van der Waals surface area contributed by atoms with Crippen molar-refractivity contribution in [2.75, 3.05) is 12.3 Å². The minimum Gasteiger partial charge on any atom is -0.330 e. The normalized spacial score (nSPS) is 16.8. The molecule has 1 aromatic carbocycles. The van der Waals surface area contributed by atoms with Crippen LogP contribution in [0.5, 0.6) is 0 Å². The molecule has 8 heteroatoms. The van der Waals surface area contributed by atoms with Gasteiger partial charge < -0.3 is 4.90 Å². The molecule has 3 aromatic rings. The number of benzene rings is 1. The van der Waals surface area contributed by atoms with Crippen LogP contribution < -0.4 is 0 Å². The molecule has 0 saturated heterocycles. The van der Waals surface area contributed by atoms with E-state index in [-0.39, 0.29) is 29.0 Å². The summed E-state index contributed by atoms with van der Waals surface area (Å²) >= 11 is 3.29. The second kappa shape index (κ2) is 7.77. The van der Waals surface area contributed by atoms with Gasteiger partial charge in [-0.2, -0.15) is 0 Å². The van der Waals surface area contributed by atoms with E-state index in [9.17, 15) is 17.6 Å². The van der Waals surface area contributed by atoms with Gasteiger partial charge in [0.1, 0.15) is 5.82 Å². The highest BCUT2D eigenvalue weighted by Gasteiger charge is 2.33. The van der Waals surface area contributed by atoms with Crippen molar-refractivity contribution in [1.29, 1.82) is 0 Å². The minimum atomic E-state index is -3.64. The molecule has 4 rings (SSSR count). The van der Waals surface area contributed by atoms with Crippen LogP contribution in [0.3, 0.4) is 0 Å². The van der Waals surface area contributed by atoms with Crippen LogP contribution in [0.4, 0.5) is 4.39 Å². The van der Waals surface area contributed by atoms with Crippen LogP contribution in [0.2, 0.25) is 0 Å². The third kappa shape index (κ3) is 3.76. The number of hydrogen-bond acceptors (Lipinski definition) is 5. The molecule has 0 aliphatic carbocycles. The molecule has 3 heterocycles. The van der Waals surface area contributed by atoms with Crippen molar-refractivity contribution in [3.63, 3.8) is 0 Å². The zero-order valence-corrected chi connectivity index (χ0v) is 17.3. The van der Waals surface area contributed by atoms with Gasteiger partial charge in [0.25, 0.3) is 0 Å². The number of sulfone groups is 1. The largest absolute Gasteiger partial charge is 0.330 e. The zero-order valence-electron chi connectivity index (χ0n) is 14.9. The van der Waals surface area contributed by atoms with Gasteiger partial charge in [-0.3, -0.25) is 4.79 Å². The Morgan fingerprint density at radius 3 is 2.61 bits per heavy atom.